The predicted octanol–water partition coefficient (Wildman–Crippen LogP) is 4.65. The van der Waals surface area contributed by atoms with Gasteiger partial charge in [0.05, 0.1) is 5.52 Å². The van der Waals surface area contributed by atoms with Crippen molar-refractivity contribution >= 4 is 40.0 Å². The van der Waals surface area contributed by atoms with E-state index >= 15 is 0 Å². The van der Waals surface area contributed by atoms with Crippen molar-refractivity contribution in [3.8, 4) is 11.1 Å². The SMILES string of the molecule is C=CC(=O)Nc1cc(-c2cccc3cnc(Nc4ccc(N5CCN(CCF)CC5)cc4)nc23)ccn1. The third-order valence-corrected chi connectivity index (χ3v) is 6.38. The predicted molar refractivity (Wildman–Crippen MR) is 146 cm³/mol. The number of carbonyl (C=O) groups is 1. The van der Waals surface area contributed by atoms with Gasteiger partial charge in [-0.25, -0.2) is 19.3 Å². The molecule has 188 valence electrons. The number of pyridine rings is 1. The molecule has 1 aliphatic rings. The fourth-order valence-electron chi connectivity index (χ4n) is 4.43. The number of alkyl halides is 1. The highest BCUT2D eigenvalue weighted by Gasteiger charge is 2.17. The summed E-state index contributed by atoms with van der Waals surface area (Å²) in [5, 5.41) is 6.90. The lowest BCUT2D eigenvalue weighted by atomic mass is 10.0. The highest BCUT2D eigenvalue weighted by atomic mass is 19.1. The molecule has 3 heterocycles. The van der Waals surface area contributed by atoms with Crippen molar-refractivity contribution in [1.82, 2.24) is 19.9 Å². The Morgan fingerprint density at radius 2 is 1.86 bits per heavy atom. The van der Waals surface area contributed by atoms with Crippen molar-refractivity contribution in [3.05, 3.63) is 79.6 Å². The van der Waals surface area contributed by atoms with Crippen molar-refractivity contribution in [2.75, 3.05) is 54.9 Å². The van der Waals surface area contributed by atoms with E-state index in [1.165, 1.54) is 6.08 Å². The number of anilines is 4. The lowest BCUT2D eigenvalue weighted by Gasteiger charge is -2.35. The summed E-state index contributed by atoms with van der Waals surface area (Å²) >= 11 is 0. The molecule has 2 aromatic carbocycles. The maximum absolute atomic E-state index is 12.6. The van der Waals surface area contributed by atoms with E-state index in [1.807, 2.05) is 42.5 Å². The van der Waals surface area contributed by atoms with Crippen LogP contribution in [0, 0.1) is 0 Å². The molecule has 2 aromatic heterocycles. The fourth-order valence-corrected chi connectivity index (χ4v) is 4.43. The van der Waals surface area contributed by atoms with Gasteiger partial charge in [-0.15, -0.1) is 0 Å². The second-order valence-corrected chi connectivity index (χ2v) is 8.75. The van der Waals surface area contributed by atoms with Gasteiger partial charge in [-0.05, 0) is 48.0 Å². The number of benzene rings is 2. The van der Waals surface area contributed by atoms with Gasteiger partial charge in [0, 0.05) is 67.4 Å². The molecule has 0 aliphatic carbocycles. The molecule has 0 atom stereocenters. The fraction of sp³-hybridized carbons (Fsp3) is 0.214. The highest BCUT2D eigenvalue weighted by molar-refractivity contribution is 5.99. The molecular formula is C28H28FN7O. The number of hydrogen-bond donors (Lipinski definition) is 2. The second kappa shape index (κ2) is 11.1. The Balaban J connectivity index is 1.34. The number of piperazine rings is 1. The van der Waals surface area contributed by atoms with Crippen LogP contribution < -0.4 is 15.5 Å². The van der Waals surface area contributed by atoms with Crippen molar-refractivity contribution in [1.29, 1.82) is 0 Å². The zero-order valence-corrected chi connectivity index (χ0v) is 20.4. The van der Waals surface area contributed by atoms with Gasteiger partial charge in [-0.3, -0.25) is 9.69 Å². The molecule has 1 aliphatic heterocycles. The third-order valence-electron chi connectivity index (χ3n) is 6.38. The smallest absolute Gasteiger partial charge is 0.248 e. The molecule has 2 N–H and O–H groups in total. The van der Waals surface area contributed by atoms with E-state index in [0.717, 1.165) is 59.6 Å². The lowest BCUT2D eigenvalue weighted by Crippen LogP contribution is -2.47. The molecule has 1 saturated heterocycles. The van der Waals surface area contributed by atoms with E-state index in [-0.39, 0.29) is 12.6 Å². The standard InChI is InChI=1S/C28H28FN7O/c1-2-26(37)33-25-18-20(10-12-30-25)24-5-3-4-21-19-31-28(34-27(21)24)32-22-6-8-23(9-7-22)36-16-14-35(13-11-29)15-17-36/h2-10,12,18-19H,1,11,13-17H2,(H,30,33,37)(H,31,32,34). The van der Waals surface area contributed by atoms with Gasteiger partial charge >= 0.3 is 0 Å². The molecular weight excluding hydrogens is 469 g/mol. The largest absolute Gasteiger partial charge is 0.369 e. The number of carbonyl (C=O) groups excluding carboxylic acids is 1. The second-order valence-electron chi connectivity index (χ2n) is 8.75. The maximum Gasteiger partial charge on any atom is 0.248 e. The van der Waals surface area contributed by atoms with Crippen LogP contribution in [0.25, 0.3) is 22.0 Å². The van der Waals surface area contributed by atoms with Gasteiger partial charge in [0.15, 0.2) is 0 Å². The molecule has 0 spiro atoms. The quantitative estimate of drug-likeness (QED) is 0.343. The summed E-state index contributed by atoms with van der Waals surface area (Å²) in [6.45, 7) is 7.21. The van der Waals surface area contributed by atoms with Crippen LogP contribution in [0.2, 0.25) is 0 Å². The van der Waals surface area contributed by atoms with Gasteiger partial charge < -0.3 is 15.5 Å². The first-order valence-electron chi connectivity index (χ1n) is 12.2. The summed E-state index contributed by atoms with van der Waals surface area (Å²) in [5.41, 5.74) is 4.59. The molecule has 8 nitrogen and oxygen atoms in total. The summed E-state index contributed by atoms with van der Waals surface area (Å²) in [5.74, 6) is 0.610. The zero-order chi connectivity index (χ0) is 25.6. The van der Waals surface area contributed by atoms with E-state index in [2.05, 4.69) is 49.1 Å². The zero-order valence-electron chi connectivity index (χ0n) is 20.4. The van der Waals surface area contributed by atoms with Crippen LogP contribution in [0.3, 0.4) is 0 Å². The van der Waals surface area contributed by atoms with Crippen LogP contribution in [0.1, 0.15) is 0 Å². The Morgan fingerprint density at radius 1 is 1.05 bits per heavy atom. The van der Waals surface area contributed by atoms with Gasteiger partial charge in [0.1, 0.15) is 12.5 Å². The maximum atomic E-state index is 12.6. The first-order valence-corrected chi connectivity index (χ1v) is 12.2. The van der Waals surface area contributed by atoms with E-state index in [4.69, 9.17) is 4.98 Å². The van der Waals surface area contributed by atoms with E-state index in [0.29, 0.717) is 18.3 Å². The lowest BCUT2D eigenvalue weighted by molar-refractivity contribution is -0.111. The first-order chi connectivity index (χ1) is 18.1. The molecule has 9 heteroatoms. The summed E-state index contributed by atoms with van der Waals surface area (Å²) in [6.07, 6.45) is 4.65. The van der Waals surface area contributed by atoms with Crippen LogP contribution in [0.5, 0.6) is 0 Å². The number of aromatic nitrogens is 3. The van der Waals surface area contributed by atoms with E-state index < -0.39 is 0 Å². The number of nitrogens with one attached hydrogen (secondary N) is 2. The van der Waals surface area contributed by atoms with Gasteiger partial charge in [0.25, 0.3) is 0 Å². The molecule has 0 bridgehead atoms. The van der Waals surface area contributed by atoms with Crippen LogP contribution in [-0.4, -0.2) is 65.2 Å². The minimum atomic E-state index is -0.318. The van der Waals surface area contributed by atoms with Gasteiger partial charge in [-0.2, -0.15) is 0 Å². The van der Waals surface area contributed by atoms with Crippen molar-refractivity contribution < 1.29 is 9.18 Å². The van der Waals surface area contributed by atoms with Crippen LogP contribution in [0.15, 0.2) is 79.6 Å². The topological polar surface area (TPSA) is 86.3 Å². The average Bonchev–Trinajstić information content (AvgIpc) is 2.94. The van der Waals surface area contributed by atoms with Crippen molar-refractivity contribution in [2.24, 2.45) is 0 Å². The Kier molecular flexibility index (Phi) is 7.32. The monoisotopic (exact) mass is 497 g/mol. The number of fused-ring (bicyclic) bond motifs is 1. The van der Waals surface area contributed by atoms with Crippen molar-refractivity contribution in [2.45, 2.75) is 0 Å². The van der Waals surface area contributed by atoms with E-state index in [1.54, 1.807) is 12.4 Å². The summed E-state index contributed by atoms with van der Waals surface area (Å²) in [4.78, 5) is 29.7. The number of para-hydroxylation sites is 1. The van der Waals surface area contributed by atoms with Crippen LogP contribution >= 0.6 is 0 Å². The number of rotatable bonds is 8. The van der Waals surface area contributed by atoms with Crippen LogP contribution in [-0.2, 0) is 4.79 Å². The molecule has 4 aromatic rings. The highest BCUT2D eigenvalue weighted by Crippen LogP contribution is 2.29. The van der Waals surface area contributed by atoms with Gasteiger partial charge in [-0.1, -0.05) is 24.8 Å². The summed E-state index contributed by atoms with van der Waals surface area (Å²) in [7, 11) is 0. The number of hydrogen-bond acceptors (Lipinski definition) is 7. The Bertz CT molecular complexity index is 1400. The number of nitrogens with zero attached hydrogens (tertiary/aromatic N) is 5. The van der Waals surface area contributed by atoms with Crippen molar-refractivity contribution in [3.63, 3.8) is 0 Å². The summed E-state index contributed by atoms with van der Waals surface area (Å²) < 4.78 is 12.6. The van der Waals surface area contributed by atoms with Crippen LogP contribution in [0.4, 0.5) is 27.5 Å². The van der Waals surface area contributed by atoms with Gasteiger partial charge in [0.2, 0.25) is 11.9 Å². The number of halogens is 1. The molecule has 37 heavy (non-hydrogen) atoms. The Labute approximate surface area is 214 Å². The number of amides is 1. The average molecular weight is 498 g/mol. The minimum absolute atomic E-state index is 0.295. The first kappa shape index (κ1) is 24.3. The van der Waals surface area contributed by atoms with E-state index in [9.17, 15) is 9.18 Å². The molecule has 0 unspecified atom stereocenters. The summed E-state index contributed by atoms with van der Waals surface area (Å²) in [6, 6.07) is 17.8. The Hall–Kier alpha value is -4.37. The molecule has 1 fully saturated rings. The third kappa shape index (κ3) is 5.73. The molecule has 1 amide bonds. The Morgan fingerprint density at radius 3 is 2.62 bits per heavy atom. The molecule has 5 rings (SSSR count). The molecule has 0 radical (unpaired) electrons. The molecule has 0 saturated carbocycles. The minimum Gasteiger partial charge on any atom is -0.369 e. The normalized spacial score (nSPS) is 13.9.